The van der Waals surface area contributed by atoms with E-state index in [1.807, 2.05) is 6.07 Å². The van der Waals surface area contributed by atoms with Crippen LogP contribution in [0.25, 0.3) is 5.69 Å². The third-order valence-electron chi connectivity index (χ3n) is 6.36. The Morgan fingerprint density at radius 2 is 1.71 bits per heavy atom. The Morgan fingerprint density at radius 3 is 2.50 bits per heavy atom. The first-order chi connectivity index (χ1) is 13.3. The molecule has 2 aliphatic carbocycles. The molecule has 0 unspecified atom stereocenters. The summed E-state index contributed by atoms with van der Waals surface area (Å²) in [5, 5.41) is 13.3. The maximum absolute atomic E-state index is 6.35. The van der Waals surface area contributed by atoms with Gasteiger partial charge < -0.3 is 10.1 Å². The van der Waals surface area contributed by atoms with Gasteiger partial charge in [-0.2, -0.15) is 0 Å². The Labute approximate surface area is 177 Å². The second-order valence-electron chi connectivity index (χ2n) is 8.20. The van der Waals surface area contributed by atoms with Crippen LogP contribution in [0, 0.1) is 0 Å². The van der Waals surface area contributed by atoms with Gasteiger partial charge in [-0.15, -0.1) is 22.6 Å². The Hall–Kier alpha value is -1.14. The van der Waals surface area contributed by atoms with Crippen LogP contribution in [0.5, 0.6) is 0 Å². The van der Waals surface area contributed by atoms with E-state index in [2.05, 4.69) is 32.2 Å². The molecule has 3 aliphatic rings. The molecule has 2 aromatic rings. The molecule has 5 nitrogen and oxygen atoms in total. The molecule has 28 heavy (non-hydrogen) atoms. The van der Waals surface area contributed by atoms with E-state index in [4.69, 9.17) is 16.3 Å². The molecule has 0 atom stereocenters. The number of fused-ring (bicyclic) bond motifs is 3. The van der Waals surface area contributed by atoms with Gasteiger partial charge in [-0.25, -0.2) is 0 Å². The normalized spacial score (nSPS) is 24.9. The topological polar surface area (TPSA) is 52.0 Å². The first kappa shape index (κ1) is 20.1. The molecule has 0 radical (unpaired) electrons. The van der Waals surface area contributed by atoms with Gasteiger partial charge >= 0.3 is 0 Å². The summed E-state index contributed by atoms with van der Waals surface area (Å²) in [5.74, 6) is 2.56. The molecule has 5 rings (SSSR count). The highest BCUT2D eigenvalue weighted by molar-refractivity contribution is 6.30. The van der Waals surface area contributed by atoms with Crippen LogP contribution in [0.3, 0.4) is 0 Å². The Kier molecular flexibility index (Phi) is 6.26. The maximum atomic E-state index is 6.35. The van der Waals surface area contributed by atoms with Crippen LogP contribution in [0.4, 0.5) is 0 Å². The summed E-state index contributed by atoms with van der Waals surface area (Å²) in [6.07, 6.45) is 10.7. The van der Waals surface area contributed by atoms with E-state index >= 15 is 0 Å². The van der Waals surface area contributed by atoms with Gasteiger partial charge in [0, 0.05) is 17.5 Å². The monoisotopic (exact) mass is 422 g/mol. The van der Waals surface area contributed by atoms with Gasteiger partial charge in [0.05, 0.1) is 24.4 Å². The first-order valence-corrected chi connectivity index (χ1v) is 10.7. The predicted molar refractivity (Wildman–Crippen MR) is 112 cm³/mol. The lowest BCUT2D eigenvalue weighted by Gasteiger charge is -2.30. The van der Waals surface area contributed by atoms with Gasteiger partial charge in [0.15, 0.2) is 5.82 Å². The number of ether oxygens (including phenoxy) is 1. The number of benzene rings is 1. The molecule has 152 valence electrons. The van der Waals surface area contributed by atoms with E-state index in [1.165, 1.54) is 36.9 Å². The fraction of sp³-hybridized carbons (Fsp3) is 0.619. The van der Waals surface area contributed by atoms with Crippen molar-refractivity contribution in [2.75, 3.05) is 0 Å². The fourth-order valence-corrected chi connectivity index (χ4v) is 5.14. The van der Waals surface area contributed by atoms with Crippen LogP contribution in [0.15, 0.2) is 18.2 Å². The molecule has 2 heterocycles. The molecule has 2 saturated carbocycles. The minimum absolute atomic E-state index is 0. The third-order valence-corrected chi connectivity index (χ3v) is 6.60. The number of hydrogen-bond acceptors (Lipinski definition) is 4. The van der Waals surface area contributed by atoms with E-state index in [9.17, 15) is 0 Å². The summed E-state index contributed by atoms with van der Waals surface area (Å²) in [7, 11) is 0. The van der Waals surface area contributed by atoms with Crippen molar-refractivity contribution in [2.45, 2.75) is 82.6 Å². The van der Waals surface area contributed by atoms with Crippen molar-refractivity contribution in [2.24, 2.45) is 0 Å². The average Bonchev–Trinajstić information content (AvgIpc) is 3.30. The highest BCUT2D eigenvalue weighted by Gasteiger charge is 2.31. The molecule has 1 N–H and O–H groups in total. The standard InChI is InChI=1S/C21H27ClN4O.ClH/c22-16-7-10-19-15(11-16)12-23-13-20-24-25-21(26(19)20)14-5-8-18(9-6-14)27-17-3-1-2-4-17;/h7,10-11,14,17-18,23H,1-6,8-9,12-13H2;1H. The number of aromatic nitrogens is 3. The second-order valence-corrected chi connectivity index (χ2v) is 8.64. The molecule has 1 aromatic carbocycles. The Balaban J connectivity index is 0.00000192. The van der Waals surface area contributed by atoms with Crippen molar-refractivity contribution in [3.8, 4) is 5.69 Å². The fourth-order valence-electron chi connectivity index (χ4n) is 4.95. The van der Waals surface area contributed by atoms with Crippen LogP contribution < -0.4 is 5.32 Å². The summed E-state index contributed by atoms with van der Waals surface area (Å²) in [6.45, 7) is 1.54. The zero-order valence-electron chi connectivity index (χ0n) is 16.1. The average molecular weight is 423 g/mol. The van der Waals surface area contributed by atoms with E-state index in [1.54, 1.807) is 0 Å². The van der Waals surface area contributed by atoms with Crippen molar-refractivity contribution in [1.29, 1.82) is 0 Å². The summed E-state index contributed by atoms with van der Waals surface area (Å²) in [4.78, 5) is 0. The van der Waals surface area contributed by atoms with E-state index in [0.717, 1.165) is 55.4 Å². The minimum atomic E-state index is 0. The van der Waals surface area contributed by atoms with Crippen LogP contribution in [-0.2, 0) is 17.8 Å². The predicted octanol–water partition coefficient (Wildman–Crippen LogP) is 4.93. The highest BCUT2D eigenvalue weighted by atomic mass is 35.5. The van der Waals surface area contributed by atoms with Crippen molar-refractivity contribution in [3.63, 3.8) is 0 Å². The van der Waals surface area contributed by atoms with Gasteiger partial charge in [-0.3, -0.25) is 4.57 Å². The van der Waals surface area contributed by atoms with Gasteiger partial charge in [-0.05, 0) is 62.3 Å². The lowest BCUT2D eigenvalue weighted by molar-refractivity contribution is -0.0288. The molecule has 0 saturated heterocycles. The molecule has 1 aromatic heterocycles. The molecule has 0 spiro atoms. The van der Waals surface area contributed by atoms with Crippen molar-refractivity contribution >= 4 is 24.0 Å². The number of hydrogen-bond donors (Lipinski definition) is 1. The SMILES string of the molecule is Cl.Clc1ccc2c(c1)CNCc1nnc(C3CCC(OC4CCCC4)CC3)n1-2. The number of nitrogens with one attached hydrogen (secondary N) is 1. The summed E-state index contributed by atoms with van der Waals surface area (Å²) in [6, 6.07) is 6.12. The molecular weight excluding hydrogens is 395 g/mol. The van der Waals surface area contributed by atoms with Crippen LogP contribution in [0.2, 0.25) is 5.02 Å². The largest absolute Gasteiger partial charge is 0.375 e. The van der Waals surface area contributed by atoms with Gasteiger partial charge in [0.2, 0.25) is 0 Å². The van der Waals surface area contributed by atoms with E-state index in [0.29, 0.717) is 18.1 Å². The second kappa shape index (κ2) is 8.70. The van der Waals surface area contributed by atoms with Gasteiger partial charge in [-0.1, -0.05) is 24.4 Å². The molecule has 7 heteroatoms. The number of rotatable bonds is 3. The number of nitrogens with zero attached hydrogens (tertiary/aromatic N) is 3. The smallest absolute Gasteiger partial charge is 0.151 e. The lowest BCUT2D eigenvalue weighted by Crippen LogP contribution is -2.26. The van der Waals surface area contributed by atoms with E-state index < -0.39 is 0 Å². The van der Waals surface area contributed by atoms with E-state index in [-0.39, 0.29) is 12.4 Å². The molecule has 0 bridgehead atoms. The summed E-state index contributed by atoms with van der Waals surface area (Å²) >= 11 is 6.22. The van der Waals surface area contributed by atoms with Crippen molar-refractivity contribution in [1.82, 2.24) is 20.1 Å². The van der Waals surface area contributed by atoms with Crippen LogP contribution in [0.1, 0.15) is 74.5 Å². The van der Waals surface area contributed by atoms with Gasteiger partial charge in [0.1, 0.15) is 5.82 Å². The Morgan fingerprint density at radius 1 is 0.964 bits per heavy atom. The van der Waals surface area contributed by atoms with Crippen molar-refractivity contribution < 1.29 is 4.74 Å². The first-order valence-electron chi connectivity index (χ1n) is 10.4. The quantitative estimate of drug-likeness (QED) is 0.761. The number of halogens is 2. The zero-order chi connectivity index (χ0) is 18.2. The Bertz CT molecular complexity index is 811. The maximum Gasteiger partial charge on any atom is 0.151 e. The third kappa shape index (κ3) is 3.95. The van der Waals surface area contributed by atoms with Crippen molar-refractivity contribution in [3.05, 3.63) is 40.4 Å². The molecular formula is C21H28Cl2N4O. The van der Waals surface area contributed by atoms with Crippen LogP contribution >= 0.6 is 24.0 Å². The minimum Gasteiger partial charge on any atom is -0.375 e. The summed E-state index contributed by atoms with van der Waals surface area (Å²) in [5.41, 5.74) is 2.38. The van der Waals surface area contributed by atoms with Gasteiger partial charge in [0.25, 0.3) is 0 Å². The highest BCUT2D eigenvalue weighted by Crippen LogP contribution is 2.37. The zero-order valence-corrected chi connectivity index (χ0v) is 17.6. The molecule has 0 amide bonds. The molecule has 2 fully saturated rings. The van der Waals surface area contributed by atoms with Crippen LogP contribution in [-0.4, -0.2) is 27.0 Å². The summed E-state index contributed by atoms with van der Waals surface area (Å²) < 4.78 is 8.62. The molecule has 1 aliphatic heterocycles. The lowest BCUT2D eigenvalue weighted by atomic mass is 9.86.